The molecule has 0 aliphatic heterocycles. The fourth-order valence-electron chi connectivity index (χ4n) is 1.98. The van der Waals surface area contributed by atoms with Crippen LogP contribution in [0.25, 0.3) is 0 Å². The molecule has 0 heterocycles. The van der Waals surface area contributed by atoms with Crippen LogP contribution >= 0.6 is 15.9 Å². The molecule has 106 valence electrons. The third-order valence-electron chi connectivity index (χ3n) is 3.22. The van der Waals surface area contributed by atoms with E-state index < -0.39 is 0 Å². The molecule has 0 saturated carbocycles. The first kappa shape index (κ1) is 16.2. The lowest BCUT2D eigenvalue weighted by atomic mass is 9.96. The van der Waals surface area contributed by atoms with Crippen molar-refractivity contribution in [3.05, 3.63) is 34.3 Å². The minimum Gasteiger partial charge on any atom is -0.356 e. The molecule has 1 amide bonds. The summed E-state index contributed by atoms with van der Waals surface area (Å²) in [7, 11) is 0. The number of benzene rings is 1. The average Bonchev–Trinajstić information content (AvgIpc) is 2.42. The normalized spacial score (nSPS) is 12.2. The highest BCUT2D eigenvalue weighted by molar-refractivity contribution is 9.10. The van der Waals surface area contributed by atoms with Crippen molar-refractivity contribution in [2.24, 2.45) is 11.7 Å². The summed E-state index contributed by atoms with van der Waals surface area (Å²) in [6, 6.07) is 8.07. The van der Waals surface area contributed by atoms with Crippen LogP contribution in [0.4, 0.5) is 0 Å². The van der Waals surface area contributed by atoms with Crippen LogP contribution in [0.5, 0.6) is 0 Å². The van der Waals surface area contributed by atoms with Crippen molar-refractivity contribution >= 4 is 21.8 Å². The monoisotopic (exact) mass is 326 g/mol. The van der Waals surface area contributed by atoms with Gasteiger partial charge in [0.25, 0.3) is 0 Å². The van der Waals surface area contributed by atoms with E-state index in [1.807, 2.05) is 18.2 Å². The third kappa shape index (κ3) is 5.74. The second-order valence-electron chi connectivity index (χ2n) is 4.69. The maximum atomic E-state index is 12.1. The molecule has 0 spiro atoms. The summed E-state index contributed by atoms with van der Waals surface area (Å²) in [6.45, 7) is 3.47. The van der Waals surface area contributed by atoms with Gasteiger partial charge < -0.3 is 11.1 Å². The Kier molecular flexibility index (Phi) is 7.75. The first-order valence-corrected chi connectivity index (χ1v) is 7.69. The minimum atomic E-state index is 0.0385. The second kappa shape index (κ2) is 9.10. The number of hydrogen-bond donors (Lipinski definition) is 2. The van der Waals surface area contributed by atoms with Gasteiger partial charge in [-0.25, -0.2) is 0 Å². The van der Waals surface area contributed by atoms with E-state index in [1.165, 1.54) is 5.56 Å². The van der Waals surface area contributed by atoms with E-state index in [2.05, 4.69) is 34.2 Å². The maximum Gasteiger partial charge on any atom is 0.223 e. The van der Waals surface area contributed by atoms with Gasteiger partial charge in [-0.3, -0.25) is 4.79 Å². The van der Waals surface area contributed by atoms with Gasteiger partial charge in [-0.05, 0) is 43.9 Å². The molecule has 19 heavy (non-hydrogen) atoms. The van der Waals surface area contributed by atoms with Crippen molar-refractivity contribution in [3.63, 3.8) is 0 Å². The Labute approximate surface area is 124 Å². The van der Waals surface area contributed by atoms with E-state index >= 15 is 0 Å². The van der Waals surface area contributed by atoms with Gasteiger partial charge in [0, 0.05) is 16.9 Å². The molecule has 0 fully saturated rings. The quantitative estimate of drug-likeness (QED) is 0.722. The number of rotatable bonds is 8. The molecule has 1 aromatic carbocycles. The lowest BCUT2D eigenvalue weighted by molar-refractivity contribution is -0.125. The molecule has 0 bridgehead atoms. The number of amides is 1. The largest absolute Gasteiger partial charge is 0.356 e. The van der Waals surface area contributed by atoms with Crippen molar-refractivity contribution in [3.8, 4) is 0 Å². The van der Waals surface area contributed by atoms with E-state index in [9.17, 15) is 4.79 Å². The smallest absolute Gasteiger partial charge is 0.223 e. The first-order chi connectivity index (χ1) is 9.19. The van der Waals surface area contributed by atoms with Crippen LogP contribution in [0, 0.1) is 5.92 Å². The molecule has 3 N–H and O–H groups in total. The number of carbonyl (C=O) groups excluding carboxylic acids is 1. The van der Waals surface area contributed by atoms with Crippen molar-refractivity contribution in [1.82, 2.24) is 5.32 Å². The molecule has 0 aromatic heterocycles. The van der Waals surface area contributed by atoms with Gasteiger partial charge in [0.2, 0.25) is 5.91 Å². The molecule has 1 atom stereocenters. The second-order valence-corrected chi connectivity index (χ2v) is 5.54. The zero-order valence-corrected chi connectivity index (χ0v) is 13.1. The molecule has 0 saturated heterocycles. The molecular weight excluding hydrogens is 304 g/mol. The van der Waals surface area contributed by atoms with Crippen LogP contribution < -0.4 is 11.1 Å². The molecule has 0 radical (unpaired) electrons. The van der Waals surface area contributed by atoms with Crippen molar-refractivity contribution < 1.29 is 4.79 Å². The van der Waals surface area contributed by atoms with E-state index in [4.69, 9.17) is 5.73 Å². The van der Waals surface area contributed by atoms with Crippen LogP contribution in [-0.4, -0.2) is 19.0 Å². The third-order valence-corrected chi connectivity index (χ3v) is 3.99. The van der Waals surface area contributed by atoms with Gasteiger partial charge in [0.1, 0.15) is 0 Å². The Bertz CT molecular complexity index is 395. The van der Waals surface area contributed by atoms with Crippen molar-refractivity contribution in [1.29, 1.82) is 0 Å². The summed E-state index contributed by atoms with van der Waals surface area (Å²) in [6.07, 6.45) is 3.54. The number of hydrogen-bond acceptors (Lipinski definition) is 2. The van der Waals surface area contributed by atoms with E-state index in [-0.39, 0.29) is 11.8 Å². The maximum absolute atomic E-state index is 12.1. The predicted octanol–water partition coefficient (Wildman–Crippen LogP) is 2.87. The van der Waals surface area contributed by atoms with Crippen LogP contribution in [0.15, 0.2) is 28.7 Å². The number of unbranched alkanes of at least 4 members (excludes halogenated alkanes) is 1. The standard InChI is InChI=1S/C15H23BrN2O/c1-2-12(15(19)18-10-6-5-9-17)11-13-7-3-4-8-14(13)16/h3-4,7-8,12H,2,5-6,9-11,17H2,1H3,(H,18,19). The van der Waals surface area contributed by atoms with Gasteiger partial charge in [-0.15, -0.1) is 0 Å². The van der Waals surface area contributed by atoms with Crippen molar-refractivity contribution in [2.45, 2.75) is 32.6 Å². The molecular formula is C15H23BrN2O. The fraction of sp³-hybridized carbons (Fsp3) is 0.533. The van der Waals surface area contributed by atoms with Gasteiger partial charge >= 0.3 is 0 Å². The Morgan fingerprint density at radius 1 is 1.37 bits per heavy atom. The van der Waals surface area contributed by atoms with Crippen LogP contribution in [-0.2, 0) is 11.2 Å². The minimum absolute atomic E-state index is 0.0385. The molecule has 1 unspecified atom stereocenters. The van der Waals surface area contributed by atoms with Crippen LogP contribution in [0.3, 0.4) is 0 Å². The Balaban J connectivity index is 2.48. The SMILES string of the molecule is CCC(Cc1ccccc1Br)C(=O)NCCCCN. The Morgan fingerprint density at radius 2 is 2.11 bits per heavy atom. The van der Waals surface area contributed by atoms with Gasteiger partial charge in [0.15, 0.2) is 0 Å². The fourth-order valence-corrected chi connectivity index (χ4v) is 2.42. The molecule has 4 heteroatoms. The Hall–Kier alpha value is -0.870. The first-order valence-electron chi connectivity index (χ1n) is 6.90. The topological polar surface area (TPSA) is 55.1 Å². The zero-order chi connectivity index (χ0) is 14.1. The predicted molar refractivity (Wildman–Crippen MR) is 82.9 cm³/mol. The number of nitrogens with one attached hydrogen (secondary N) is 1. The van der Waals surface area contributed by atoms with Crippen molar-refractivity contribution in [2.75, 3.05) is 13.1 Å². The van der Waals surface area contributed by atoms with Gasteiger partial charge in [-0.1, -0.05) is 41.1 Å². The highest BCUT2D eigenvalue weighted by Gasteiger charge is 2.17. The summed E-state index contributed by atoms with van der Waals surface area (Å²) in [5.41, 5.74) is 6.62. The number of halogens is 1. The summed E-state index contributed by atoms with van der Waals surface area (Å²) < 4.78 is 1.07. The lowest BCUT2D eigenvalue weighted by Crippen LogP contribution is -2.32. The van der Waals surface area contributed by atoms with Crippen LogP contribution in [0.1, 0.15) is 31.7 Å². The lowest BCUT2D eigenvalue weighted by Gasteiger charge is -2.16. The van der Waals surface area contributed by atoms with Crippen LogP contribution in [0.2, 0.25) is 0 Å². The summed E-state index contributed by atoms with van der Waals surface area (Å²) in [5.74, 6) is 0.187. The summed E-state index contributed by atoms with van der Waals surface area (Å²) in [4.78, 5) is 12.1. The highest BCUT2D eigenvalue weighted by atomic mass is 79.9. The highest BCUT2D eigenvalue weighted by Crippen LogP contribution is 2.21. The molecule has 0 aliphatic rings. The van der Waals surface area contributed by atoms with E-state index in [1.54, 1.807) is 0 Å². The van der Waals surface area contributed by atoms with E-state index in [0.717, 1.165) is 36.7 Å². The number of nitrogens with two attached hydrogens (primary N) is 1. The van der Waals surface area contributed by atoms with Gasteiger partial charge in [-0.2, -0.15) is 0 Å². The zero-order valence-electron chi connectivity index (χ0n) is 11.5. The molecule has 1 aromatic rings. The summed E-state index contributed by atoms with van der Waals surface area (Å²) >= 11 is 3.53. The summed E-state index contributed by atoms with van der Waals surface area (Å²) in [5, 5.41) is 3.00. The average molecular weight is 327 g/mol. The van der Waals surface area contributed by atoms with Gasteiger partial charge in [0.05, 0.1) is 0 Å². The molecule has 0 aliphatic carbocycles. The molecule has 1 rings (SSSR count). The Morgan fingerprint density at radius 3 is 2.74 bits per heavy atom. The molecule has 3 nitrogen and oxygen atoms in total. The van der Waals surface area contributed by atoms with E-state index in [0.29, 0.717) is 6.54 Å². The number of carbonyl (C=O) groups is 1.